The second-order valence-electron chi connectivity index (χ2n) is 3.44. The molecule has 14 heavy (non-hydrogen) atoms. The molecule has 1 atom stereocenters. The van der Waals surface area contributed by atoms with Crippen molar-refractivity contribution in [3.8, 4) is 5.06 Å². The number of nitrogens with one attached hydrogen (secondary N) is 1. The van der Waals surface area contributed by atoms with E-state index < -0.39 is 6.10 Å². The monoisotopic (exact) mass is 215 g/mol. The molecule has 0 aliphatic heterocycles. The van der Waals surface area contributed by atoms with Crippen LogP contribution in [0, 0.1) is 0 Å². The molecule has 1 unspecified atom stereocenters. The quantitative estimate of drug-likeness (QED) is 0.787. The van der Waals surface area contributed by atoms with E-state index in [9.17, 15) is 5.11 Å². The highest BCUT2D eigenvalue weighted by Gasteiger charge is 2.10. The van der Waals surface area contributed by atoms with Crippen molar-refractivity contribution in [3.05, 3.63) is 17.0 Å². The molecule has 0 bridgehead atoms. The summed E-state index contributed by atoms with van der Waals surface area (Å²) < 4.78 is 5.06. The molecule has 1 heterocycles. The lowest BCUT2D eigenvalue weighted by Crippen LogP contribution is -2.27. The zero-order valence-electron chi connectivity index (χ0n) is 8.78. The molecule has 0 aromatic carbocycles. The molecule has 0 fully saturated rings. The zero-order chi connectivity index (χ0) is 10.6. The first-order valence-electron chi connectivity index (χ1n) is 4.68. The van der Waals surface area contributed by atoms with E-state index in [0.717, 1.165) is 9.94 Å². The van der Waals surface area contributed by atoms with Gasteiger partial charge >= 0.3 is 0 Å². The summed E-state index contributed by atoms with van der Waals surface area (Å²) in [6, 6.07) is 4.17. The van der Waals surface area contributed by atoms with Crippen molar-refractivity contribution in [2.75, 3.05) is 13.7 Å². The van der Waals surface area contributed by atoms with Crippen LogP contribution >= 0.6 is 11.3 Å². The second kappa shape index (κ2) is 5.34. The van der Waals surface area contributed by atoms with E-state index in [1.165, 1.54) is 11.3 Å². The predicted octanol–water partition coefficient (Wildman–Crippen LogP) is 1.79. The van der Waals surface area contributed by atoms with Crippen molar-refractivity contribution in [1.82, 2.24) is 5.32 Å². The van der Waals surface area contributed by atoms with Crippen molar-refractivity contribution >= 4 is 11.3 Å². The normalized spacial score (nSPS) is 13.2. The van der Waals surface area contributed by atoms with Crippen LogP contribution in [-0.4, -0.2) is 24.8 Å². The first-order valence-corrected chi connectivity index (χ1v) is 5.50. The molecule has 80 valence electrons. The molecule has 0 spiro atoms. The minimum Gasteiger partial charge on any atom is -0.487 e. The van der Waals surface area contributed by atoms with Gasteiger partial charge in [-0.05, 0) is 12.1 Å². The van der Waals surface area contributed by atoms with Crippen molar-refractivity contribution in [1.29, 1.82) is 0 Å². The molecule has 0 saturated carbocycles. The molecule has 3 nitrogen and oxygen atoms in total. The third-order valence-electron chi connectivity index (χ3n) is 1.85. The van der Waals surface area contributed by atoms with Gasteiger partial charge in [-0.15, -0.1) is 11.3 Å². The highest BCUT2D eigenvalue weighted by atomic mass is 32.1. The molecule has 0 aliphatic carbocycles. The lowest BCUT2D eigenvalue weighted by atomic mass is 10.2. The number of rotatable bonds is 5. The van der Waals surface area contributed by atoms with Gasteiger partial charge in [0.05, 0.1) is 7.11 Å². The maximum Gasteiger partial charge on any atom is 0.173 e. The topological polar surface area (TPSA) is 41.5 Å². The van der Waals surface area contributed by atoms with Crippen LogP contribution in [0.1, 0.15) is 24.8 Å². The fourth-order valence-corrected chi connectivity index (χ4v) is 1.88. The molecule has 1 rings (SSSR count). The zero-order valence-corrected chi connectivity index (χ0v) is 9.60. The van der Waals surface area contributed by atoms with Crippen molar-refractivity contribution in [3.63, 3.8) is 0 Å². The minimum absolute atomic E-state index is 0.395. The molecular weight excluding hydrogens is 198 g/mol. The highest BCUT2D eigenvalue weighted by Crippen LogP contribution is 2.28. The van der Waals surface area contributed by atoms with Gasteiger partial charge in [0.15, 0.2) is 5.06 Å². The van der Waals surface area contributed by atoms with E-state index in [0.29, 0.717) is 12.6 Å². The first-order chi connectivity index (χ1) is 6.63. The summed E-state index contributed by atoms with van der Waals surface area (Å²) in [7, 11) is 1.63. The summed E-state index contributed by atoms with van der Waals surface area (Å²) in [5.74, 6) is 0. The Bertz CT molecular complexity index is 273. The third kappa shape index (κ3) is 3.29. The molecule has 0 amide bonds. The maximum absolute atomic E-state index is 9.77. The van der Waals surface area contributed by atoms with Crippen LogP contribution in [0.3, 0.4) is 0 Å². The summed E-state index contributed by atoms with van der Waals surface area (Å²) in [4.78, 5) is 0.940. The molecule has 4 heteroatoms. The second-order valence-corrected chi connectivity index (χ2v) is 4.52. The Morgan fingerprint density at radius 3 is 2.71 bits per heavy atom. The van der Waals surface area contributed by atoms with Gasteiger partial charge in [-0.3, -0.25) is 0 Å². The first kappa shape index (κ1) is 11.5. The smallest absolute Gasteiger partial charge is 0.173 e. The van der Waals surface area contributed by atoms with Crippen molar-refractivity contribution in [2.45, 2.75) is 26.0 Å². The van der Waals surface area contributed by atoms with Gasteiger partial charge in [0, 0.05) is 17.5 Å². The fraction of sp³-hybridized carbons (Fsp3) is 0.600. The van der Waals surface area contributed by atoms with Crippen LogP contribution in [0.2, 0.25) is 0 Å². The summed E-state index contributed by atoms with van der Waals surface area (Å²) in [6.07, 6.45) is -0.439. The Balaban J connectivity index is 2.47. The van der Waals surface area contributed by atoms with Gasteiger partial charge in [0.2, 0.25) is 0 Å². The van der Waals surface area contributed by atoms with Gasteiger partial charge < -0.3 is 15.2 Å². The van der Waals surface area contributed by atoms with E-state index >= 15 is 0 Å². The fourth-order valence-electron chi connectivity index (χ4n) is 1.07. The SMILES string of the molecule is COc1ccc(C(O)CNC(C)C)s1. The van der Waals surface area contributed by atoms with Crippen LogP contribution in [0.15, 0.2) is 12.1 Å². The standard InChI is InChI=1S/C10H17NO2S/c1-7(2)11-6-8(12)9-4-5-10(13-3)14-9/h4-5,7-8,11-12H,6H2,1-3H3. The minimum atomic E-state index is -0.439. The van der Waals surface area contributed by atoms with E-state index in [-0.39, 0.29) is 0 Å². The van der Waals surface area contributed by atoms with Crippen LogP contribution in [0.4, 0.5) is 0 Å². The Morgan fingerprint density at radius 1 is 1.50 bits per heavy atom. The predicted molar refractivity (Wildman–Crippen MR) is 59.0 cm³/mol. The molecule has 0 radical (unpaired) electrons. The van der Waals surface area contributed by atoms with Gasteiger partial charge in [0.1, 0.15) is 6.10 Å². The number of hydrogen-bond acceptors (Lipinski definition) is 4. The van der Waals surface area contributed by atoms with Crippen molar-refractivity contribution < 1.29 is 9.84 Å². The van der Waals surface area contributed by atoms with Gasteiger partial charge in [-0.1, -0.05) is 13.8 Å². The Hall–Kier alpha value is -0.580. The summed E-state index contributed by atoms with van der Waals surface area (Å²) in [6.45, 7) is 4.70. The molecule has 0 aliphatic rings. The molecule has 1 aromatic rings. The number of thiophene rings is 1. The molecule has 2 N–H and O–H groups in total. The van der Waals surface area contributed by atoms with E-state index in [2.05, 4.69) is 19.2 Å². The average Bonchev–Trinajstić information content (AvgIpc) is 2.62. The largest absolute Gasteiger partial charge is 0.487 e. The number of methoxy groups -OCH3 is 1. The van der Waals surface area contributed by atoms with E-state index in [4.69, 9.17) is 4.74 Å². The van der Waals surface area contributed by atoms with E-state index in [1.54, 1.807) is 7.11 Å². The third-order valence-corrected chi connectivity index (χ3v) is 3.00. The highest BCUT2D eigenvalue weighted by molar-refractivity contribution is 7.13. The average molecular weight is 215 g/mol. The van der Waals surface area contributed by atoms with Crippen molar-refractivity contribution in [2.24, 2.45) is 0 Å². The number of ether oxygens (including phenoxy) is 1. The molecule has 1 aromatic heterocycles. The van der Waals surface area contributed by atoms with Crippen LogP contribution in [0.25, 0.3) is 0 Å². The Morgan fingerprint density at radius 2 is 2.21 bits per heavy atom. The van der Waals surface area contributed by atoms with E-state index in [1.807, 2.05) is 12.1 Å². The summed E-state index contributed by atoms with van der Waals surface area (Å²) in [5.41, 5.74) is 0. The summed E-state index contributed by atoms with van der Waals surface area (Å²) >= 11 is 1.48. The Kier molecular flexibility index (Phi) is 4.38. The Labute approximate surface area is 88.7 Å². The van der Waals surface area contributed by atoms with Crippen LogP contribution < -0.4 is 10.1 Å². The lowest BCUT2D eigenvalue weighted by molar-refractivity contribution is 0.175. The van der Waals surface area contributed by atoms with Crippen LogP contribution in [-0.2, 0) is 0 Å². The number of hydrogen-bond donors (Lipinski definition) is 2. The summed E-state index contributed by atoms with van der Waals surface area (Å²) in [5, 5.41) is 13.8. The van der Waals surface area contributed by atoms with Gasteiger partial charge in [-0.2, -0.15) is 0 Å². The lowest BCUT2D eigenvalue weighted by Gasteiger charge is -2.12. The number of aliphatic hydroxyl groups is 1. The molecular formula is C10H17NO2S. The molecule has 0 saturated heterocycles. The van der Waals surface area contributed by atoms with Gasteiger partial charge in [0.25, 0.3) is 0 Å². The maximum atomic E-state index is 9.77. The van der Waals surface area contributed by atoms with Gasteiger partial charge in [-0.25, -0.2) is 0 Å². The van der Waals surface area contributed by atoms with Crippen LogP contribution in [0.5, 0.6) is 5.06 Å². The number of aliphatic hydroxyl groups excluding tert-OH is 1.